The van der Waals surface area contributed by atoms with E-state index in [1.165, 1.54) is 12.8 Å². The van der Waals surface area contributed by atoms with Gasteiger partial charge in [-0.05, 0) is 12.8 Å². The quantitative estimate of drug-likeness (QED) is 0.717. The van der Waals surface area contributed by atoms with Crippen LogP contribution < -0.4 is 0 Å². The lowest BCUT2D eigenvalue weighted by Gasteiger charge is -1.84. The number of nitrogens with zero attached hydrogens (tertiary/aromatic N) is 3. The zero-order valence-corrected chi connectivity index (χ0v) is 6.99. The van der Waals surface area contributed by atoms with Gasteiger partial charge in [0, 0.05) is 12.1 Å². The van der Waals surface area contributed by atoms with Crippen LogP contribution in [-0.4, -0.2) is 25.4 Å². The van der Waals surface area contributed by atoms with Gasteiger partial charge in [-0.3, -0.25) is 10.2 Å². The molecule has 66 valence electrons. The molecule has 5 nitrogen and oxygen atoms in total. The van der Waals surface area contributed by atoms with Crippen molar-refractivity contribution < 1.29 is 0 Å². The molecule has 1 aliphatic rings. The maximum absolute atomic E-state index is 4.39. The summed E-state index contributed by atoms with van der Waals surface area (Å²) in [4.78, 5) is 4.39. The summed E-state index contributed by atoms with van der Waals surface area (Å²) in [5.41, 5.74) is 0.933. The molecule has 1 fully saturated rings. The van der Waals surface area contributed by atoms with Crippen molar-refractivity contribution in [1.82, 2.24) is 25.4 Å². The molecule has 2 heterocycles. The lowest BCUT2D eigenvalue weighted by atomic mass is 10.3. The Hall–Kier alpha value is -1.65. The Morgan fingerprint density at radius 3 is 3.00 bits per heavy atom. The summed E-state index contributed by atoms with van der Waals surface area (Å²) in [7, 11) is 0. The van der Waals surface area contributed by atoms with Crippen molar-refractivity contribution in [2.75, 3.05) is 0 Å². The third-order valence-electron chi connectivity index (χ3n) is 2.22. The monoisotopic (exact) mass is 175 g/mol. The number of aromatic nitrogens is 5. The van der Waals surface area contributed by atoms with Crippen LogP contribution in [0, 0.1) is 0 Å². The van der Waals surface area contributed by atoms with E-state index in [0.29, 0.717) is 5.92 Å². The maximum atomic E-state index is 4.39. The SMILES string of the molecule is c1n[nH]cc1-c1n[nH]c(C2CC2)n1. The van der Waals surface area contributed by atoms with Crippen LogP contribution in [0.5, 0.6) is 0 Å². The second kappa shape index (κ2) is 2.42. The van der Waals surface area contributed by atoms with E-state index in [9.17, 15) is 0 Å². The fourth-order valence-electron chi connectivity index (χ4n) is 1.32. The van der Waals surface area contributed by atoms with Gasteiger partial charge in [0.15, 0.2) is 5.82 Å². The molecule has 0 unspecified atom stereocenters. The molecule has 0 aromatic carbocycles. The smallest absolute Gasteiger partial charge is 0.184 e. The van der Waals surface area contributed by atoms with Crippen LogP contribution >= 0.6 is 0 Å². The highest BCUT2D eigenvalue weighted by molar-refractivity contribution is 5.51. The Kier molecular flexibility index (Phi) is 1.27. The second-order valence-corrected chi connectivity index (χ2v) is 3.31. The van der Waals surface area contributed by atoms with E-state index in [4.69, 9.17) is 0 Å². The van der Waals surface area contributed by atoms with E-state index in [1.54, 1.807) is 12.4 Å². The molecule has 0 aliphatic heterocycles. The highest BCUT2D eigenvalue weighted by atomic mass is 15.2. The third kappa shape index (κ3) is 1.12. The first kappa shape index (κ1) is 6.82. The predicted octanol–water partition coefficient (Wildman–Crippen LogP) is 1.07. The van der Waals surface area contributed by atoms with Gasteiger partial charge < -0.3 is 0 Å². The average Bonchev–Trinajstić information content (AvgIpc) is 2.72. The summed E-state index contributed by atoms with van der Waals surface area (Å²) in [5.74, 6) is 2.36. The van der Waals surface area contributed by atoms with Gasteiger partial charge in [-0.1, -0.05) is 0 Å². The number of nitrogens with one attached hydrogen (secondary N) is 2. The summed E-state index contributed by atoms with van der Waals surface area (Å²) in [6, 6.07) is 0. The topological polar surface area (TPSA) is 70.2 Å². The fraction of sp³-hybridized carbons (Fsp3) is 0.375. The molecule has 2 aromatic heterocycles. The summed E-state index contributed by atoms with van der Waals surface area (Å²) < 4.78 is 0. The highest BCUT2D eigenvalue weighted by Gasteiger charge is 2.27. The lowest BCUT2D eigenvalue weighted by Crippen LogP contribution is -1.80. The van der Waals surface area contributed by atoms with Crippen molar-refractivity contribution >= 4 is 0 Å². The first-order valence-corrected chi connectivity index (χ1v) is 4.35. The number of H-pyrrole nitrogens is 2. The van der Waals surface area contributed by atoms with Gasteiger partial charge in [-0.25, -0.2) is 4.98 Å². The molecule has 0 radical (unpaired) electrons. The first-order valence-electron chi connectivity index (χ1n) is 4.35. The Morgan fingerprint density at radius 1 is 1.38 bits per heavy atom. The molecule has 1 aliphatic carbocycles. The van der Waals surface area contributed by atoms with Gasteiger partial charge in [0.05, 0.1) is 11.8 Å². The molecule has 0 atom stereocenters. The molecule has 13 heavy (non-hydrogen) atoms. The molecule has 0 bridgehead atoms. The average molecular weight is 175 g/mol. The molecule has 0 amide bonds. The minimum atomic E-state index is 0.619. The van der Waals surface area contributed by atoms with Gasteiger partial charge in [-0.2, -0.15) is 10.2 Å². The molecule has 2 N–H and O–H groups in total. The maximum Gasteiger partial charge on any atom is 0.184 e. The van der Waals surface area contributed by atoms with Crippen LogP contribution in [0.3, 0.4) is 0 Å². The molecule has 2 aromatic rings. The van der Waals surface area contributed by atoms with Crippen LogP contribution in [-0.2, 0) is 0 Å². The van der Waals surface area contributed by atoms with E-state index in [-0.39, 0.29) is 0 Å². The molecule has 3 rings (SSSR count). The van der Waals surface area contributed by atoms with Crippen molar-refractivity contribution in [2.24, 2.45) is 0 Å². The predicted molar refractivity (Wildman–Crippen MR) is 45.9 cm³/mol. The first-order chi connectivity index (χ1) is 6.43. The summed E-state index contributed by atoms with van der Waals surface area (Å²) in [6.45, 7) is 0. The zero-order valence-electron chi connectivity index (χ0n) is 6.99. The Morgan fingerprint density at radius 2 is 2.31 bits per heavy atom. The van der Waals surface area contributed by atoms with Crippen molar-refractivity contribution in [3.8, 4) is 11.4 Å². The molecule has 5 heteroatoms. The number of hydrogen-bond donors (Lipinski definition) is 2. The van der Waals surface area contributed by atoms with E-state index in [2.05, 4.69) is 25.4 Å². The van der Waals surface area contributed by atoms with Gasteiger partial charge in [0.2, 0.25) is 0 Å². The van der Waals surface area contributed by atoms with Crippen molar-refractivity contribution in [3.05, 3.63) is 18.2 Å². The third-order valence-corrected chi connectivity index (χ3v) is 2.22. The summed E-state index contributed by atoms with van der Waals surface area (Å²) in [5, 5.41) is 13.7. The minimum Gasteiger partial charge on any atom is -0.285 e. The molecular formula is C8H9N5. The number of rotatable bonds is 2. The molecular weight excluding hydrogens is 166 g/mol. The van der Waals surface area contributed by atoms with E-state index in [1.807, 2.05) is 0 Å². The standard InChI is InChI=1S/C8H9N5/c1-2-5(1)7-11-8(13-12-7)6-3-9-10-4-6/h3-5H,1-2H2,(H,9,10)(H,11,12,13). The van der Waals surface area contributed by atoms with Crippen LogP contribution in [0.25, 0.3) is 11.4 Å². The van der Waals surface area contributed by atoms with Gasteiger partial charge >= 0.3 is 0 Å². The molecule has 1 saturated carbocycles. The fourth-order valence-corrected chi connectivity index (χ4v) is 1.32. The normalized spacial score (nSPS) is 16.3. The number of aromatic amines is 2. The van der Waals surface area contributed by atoms with E-state index < -0.39 is 0 Å². The molecule has 0 spiro atoms. The Balaban J connectivity index is 1.97. The summed E-state index contributed by atoms with van der Waals surface area (Å²) in [6.07, 6.45) is 5.99. The van der Waals surface area contributed by atoms with Crippen molar-refractivity contribution in [1.29, 1.82) is 0 Å². The van der Waals surface area contributed by atoms with Crippen LogP contribution in [0.15, 0.2) is 12.4 Å². The highest BCUT2D eigenvalue weighted by Crippen LogP contribution is 2.38. The largest absolute Gasteiger partial charge is 0.285 e. The Bertz CT molecular complexity index is 398. The van der Waals surface area contributed by atoms with E-state index >= 15 is 0 Å². The minimum absolute atomic E-state index is 0.619. The van der Waals surface area contributed by atoms with E-state index in [0.717, 1.165) is 17.2 Å². The summed E-state index contributed by atoms with van der Waals surface area (Å²) >= 11 is 0. The molecule has 0 saturated heterocycles. The van der Waals surface area contributed by atoms with Crippen LogP contribution in [0.2, 0.25) is 0 Å². The number of hydrogen-bond acceptors (Lipinski definition) is 3. The second-order valence-electron chi connectivity index (χ2n) is 3.31. The van der Waals surface area contributed by atoms with Gasteiger partial charge in [-0.15, -0.1) is 0 Å². The van der Waals surface area contributed by atoms with Crippen LogP contribution in [0.4, 0.5) is 0 Å². The van der Waals surface area contributed by atoms with Crippen molar-refractivity contribution in [2.45, 2.75) is 18.8 Å². The van der Waals surface area contributed by atoms with Crippen LogP contribution in [0.1, 0.15) is 24.6 Å². The van der Waals surface area contributed by atoms with Gasteiger partial charge in [0.25, 0.3) is 0 Å². The van der Waals surface area contributed by atoms with Crippen molar-refractivity contribution in [3.63, 3.8) is 0 Å². The van der Waals surface area contributed by atoms with Gasteiger partial charge in [0.1, 0.15) is 5.82 Å². The Labute approximate surface area is 74.6 Å². The lowest BCUT2D eigenvalue weighted by molar-refractivity contribution is 0.935. The zero-order chi connectivity index (χ0) is 8.67.